The molecule has 0 bridgehead atoms. The first-order valence-electron chi connectivity index (χ1n) is 9.48. The number of thiophene rings is 1. The zero-order valence-electron chi connectivity index (χ0n) is 17.0. The molecule has 1 aromatic heterocycles. The molecule has 0 aliphatic carbocycles. The second-order valence-corrected chi connectivity index (χ2v) is 9.55. The average Bonchev–Trinajstić information content (AvgIpc) is 3.42. The van der Waals surface area contributed by atoms with Gasteiger partial charge in [0.15, 0.2) is 11.5 Å². The Kier molecular flexibility index (Phi) is 7.09. The molecule has 0 unspecified atom stereocenters. The van der Waals surface area contributed by atoms with Crippen LogP contribution in [0.5, 0.6) is 11.5 Å². The molecule has 0 radical (unpaired) electrons. The second-order valence-electron chi connectivity index (χ2n) is 6.79. The number of imide groups is 1. The summed E-state index contributed by atoms with van der Waals surface area (Å²) in [4.78, 5) is 39.4. The first kappa shape index (κ1) is 23.4. The molecule has 4 rings (SSSR count). The summed E-state index contributed by atoms with van der Waals surface area (Å²) in [5.74, 6) is -0.327. The summed E-state index contributed by atoms with van der Waals surface area (Å²) in [6, 6.07) is 13.3. The summed E-state index contributed by atoms with van der Waals surface area (Å²) in [5.41, 5.74) is 1.30. The van der Waals surface area contributed by atoms with Crippen molar-refractivity contribution in [2.24, 2.45) is 0 Å². The number of thioether (sulfide) groups is 1. The van der Waals surface area contributed by atoms with Gasteiger partial charge in [-0.15, -0.1) is 11.3 Å². The first-order chi connectivity index (χ1) is 15.9. The molecule has 1 aliphatic heterocycles. The van der Waals surface area contributed by atoms with Crippen molar-refractivity contribution >= 4 is 69.5 Å². The molecule has 0 atom stereocenters. The Labute approximate surface area is 207 Å². The summed E-state index contributed by atoms with van der Waals surface area (Å²) < 4.78 is 10.8. The van der Waals surface area contributed by atoms with Crippen molar-refractivity contribution < 1.29 is 23.9 Å². The minimum atomic E-state index is -0.487. The minimum Gasteiger partial charge on any atom is -0.493 e. The van der Waals surface area contributed by atoms with Gasteiger partial charge in [-0.1, -0.05) is 41.4 Å². The Morgan fingerprint density at radius 2 is 1.88 bits per heavy atom. The largest absolute Gasteiger partial charge is 0.493 e. The average molecular weight is 520 g/mol. The number of methoxy groups -OCH3 is 1. The second kappa shape index (κ2) is 10.0. The van der Waals surface area contributed by atoms with E-state index in [2.05, 4.69) is 0 Å². The molecule has 0 spiro atoms. The summed E-state index contributed by atoms with van der Waals surface area (Å²) >= 11 is 14.1. The Bertz CT molecular complexity index is 1270. The van der Waals surface area contributed by atoms with Gasteiger partial charge in [0.2, 0.25) is 0 Å². The number of hydrogen-bond acceptors (Lipinski definition) is 7. The van der Waals surface area contributed by atoms with Crippen molar-refractivity contribution in [2.75, 3.05) is 7.11 Å². The van der Waals surface area contributed by atoms with E-state index in [-0.39, 0.29) is 22.4 Å². The summed E-state index contributed by atoms with van der Waals surface area (Å²) in [6.07, 6.45) is 1.59. The lowest BCUT2D eigenvalue weighted by Crippen LogP contribution is -2.27. The van der Waals surface area contributed by atoms with E-state index in [0.717, 1.165) is 16.7 Å². The van der Waals surface area contributed by atoms with Crippen LogP contribution >= 0.6 is 46.3 Å². The maximum Gasteiger partial charge on any atom is 0.353 e. The van der Waals surface area contributed by atoms with Crippen molar-refractivity contribution in [1.29, 1.82) is 0 Å². The third kappa shape index (κ3) is 5.25. The number of rotatable bonds is 6. The number of hydrogen-bond donors (Lipinski definition) is 0. The van der Waals surface area contributed by atoms with Crippen LogP contribution in [0.15, 0.2) is 58.8 Å². The topological polar surface area (TPSA) is 72.9 Å². The Morgan fingerprint density at radius 1 is 1.06 bits per heavy atom. The highest BCUT2D eigenvalue weighted by Crippen LogP contribution is 2.36. The molecule has 3 aromatic rings. The molecule has 1 fully saturated rings. The van der Waals surface area contributed by atoms with E-state index in [4.69, 9.17) is 32.7 Å². The minimum absolute atomic E-state index is 0.0832. The molecule has 33 heavy (non-hydrogen) atoms. The van der Waals surface area contributed by atoms with Crippen LogP contribution in [0, 0.1) is 0 Å². The molecule has 2 aromatic carbocycles. The van der Waals surface area contributed by atoms with Gasteiger partial charge in [-0.2, -0.15) is 0 Å². The normalized spacial score (nSPS) is 14.8. The van der Waals surface area contributed by atoms with E-state index >= 15 is 0 Å². The maximum absolute atomic E-state index is 12.8. The van der Waals surface area contributed by atoms with Gasteiger partial charge in [0.05, 0.1) is 28.6 Å². The van der Waals surface area contributed by atoms with Crippen LogP contribution in [0.1, 0.15) is 20.8 Å². The van der Waals surface area contributed by atoms with Crippen molar-refractivity contribution in [2.45, 2.75) is 6.54 Å². The lowest BCUT2D eigenvalue weighted by Gasteiger charge is -2.13. The van der Waals surface area contributed by atoms with Crippen LogP contribution in [-0.2, 0) is 11.3 Å². The molecular formula is C23H15Cl2NO5S2. The predicted octanol–water partition coefficient (Wildman–Crippen LogP) is 6.52. The molecule has 168 valence electrons. The molecular weight excluding hydrogens is 505 g/mol. The zero-order chi connectivity index (χ0) is 23.5. The van der Waals surface area contributed by atoms with Gasteiger partial charge in [-0.3, -0.25) is 14.5 Å². The van der Waals surface area contributed by atoms with Crippen LogP contribution in [-0.4, -0.2) is 29.1 Å². The number of amides is 2. The van der Waals surface area contributed by atoms with Gasteiger partial charge in [0.1, 0.15) is 4.88 Å². The van der Waals surface area contributed by atoms with Crippen molar-refractivity contribution in [1.82, 2.24) is 4.90 Å². The Hall–Kier alpha value is -2.78. The van der Waals surface area contributed by atoms with Gasteiger partial charge in [-0.25, -0.2) is 4.79 Å². The summed E-state index contributed by atoms with van der Waals surface area (Å²) in [7, 11) is 1.45. The van der Waals surface area contributed by atoms with E-state index in [9.17, 15) is 14.4 Å². The lowest BCUT2D eigenvalue weighted by atomic mass is 10.1. The highest BCUT2D eigenvalue weighted by atomic mass is 35.5. The van der Waals surface area contributed by atoms with Gasteiger partial charge in [-0.05, 0) is 64.7 Å². The molecule has 0 saturated carbocycles. The molecule has 6 nitrogen and oxygen atoms in total. The predicted molar refractivity (Wildman–Crippen MR) is 130 cm³/mol. The fourth-order valence-electron chi connectivity index (χ4n) is 3.01. The highest BCUT2D eigenvalue weighted by Gasteiger charge is 2.35. The number of ether oxygens (including phenoxy) is 2. The van der Waals surface area contributed by atoms with Gasteiger partial charge >= 0.3 is 5.97 Å². The number of carbonyl (C=O) groups is 3. The van der Waals surface area contributed by atoms with Crippen LogP contribution in [0.3, 0.4) is 0 Å². The van der Waals surface area contributed by atoms with Crippen LogP contribution in [0.2, 0.25) is 10.0 Å². The van der Waals surface area contributed by atoms with Crippen molar-refractivity contribution in [3.8, 4) is 11.5 Å². The van der Waals surface area contributed by atoms with Gasteiger partial charge < -0.3 is 9.47 Å². The highest BCUT2D eigenvalue weighted by molar-refractivity contribution is 8.18. The van der Waals surface area contributed by atoms with Gasteiger partial charge in [0, 0.05) is 0 Å². The molecule has 1 saturated heterocycles. The number of halogens is 2. The molecule has 2 amide bonds. The van der Waals surface area contributed by atoms with Crippen molar-refractivity contribution in [3.63, 3.8) is 0 Å². The van der Waals surface area contributed by atoms with Crippen LogP contribution in [0.4, 0.5) is 4.79 Å². The fourth-order valence-corrected chi connectivity index (χ4v) is 4.77. The third-order valence-electron chi connectivity index (χ3n) is 4.61. The Balaban J connectivity index is 1.52. The SMILES string of the molecule is COc1cc(/C=C2\SC(=O)N(Cc3ccc(Cl)c(Cl)c3)C2=O)ccc1OC(=O)c1cccs1. The number of carbonyl (C=O) groups excluding carboxylic acids is 3. The van der Waals surface area contributed by atoms with E-state index in [1.165, 1.54) is 18.4 Å². The molecule has 10 heteroatoms. The lowest BCUT2D eigenvalue weighted by molar-refractivity contribution is -0.123. The maximum atomic E-state index is 12.8. The van der Waals surface area contributed by atoms with Gasteiger partial charge in [0.25, 0.3) is 11.1 Å². The van der Waals surface area contributed by atoms with E-state index in [0.29, 0.717) is 31.8 Å². The Morgan fingerprint density at radius 3 is 2.58 bits per heavy atom. The first-order valence-corrected chi connectivity index (χ1v) is 11.9. The van der Waals surface area contributed by atoms with Crippen LogP contribution < -0.4 is 9.47 Å². The van der Waals surface area contributed by atoms with Crippen LogP contribution in [0.25, 0.3) is 6.08 Å². The zero-order valence-corrected chi connectivity index (χ0v) is 20.2. The fraction of sp³-hybridized carbons (Fsp3) is 0.0870. The molecule has 2 heterocycles. The monoisotopic (exact) mass is 519 g/mol. The number of benzene rings is 2. The summed E-state index contributed by atoms with van der Waals surface area (Å²) in [5, 5.41) is 2.15. The number of esters is 1. The van der Waals surface area contributed by atoms with E-state index < -0.39 is 11.9 Å². The smallest absolute Gasteiger partial charge is 0.353 e. The number of nitrogens with zero attached hydrogens (tertiary/aromatic N) is 1. The summed E-state index contributed by atoms with van der Waals surface area (Å²) in [6.45, 7) is 0.0832. The van der Waals surface area contributed by atoms with E-state index in [1.54, 1.807) is 60.0 Å². The standard InChI is InChI=1S/C23H15Cl2NO5S2/c1-30-18-10-13(5-7-17(18)31-22(28)19-3-2-8-32-19)11-20-21(27)26(23(29)33-20)12-14-4-6-15(24)16(25)9-14/h2-11H,12H2,1H3/b20-11-. The van der Waals surface area contributed by atoms with E-state index in [1.807, 2.05) is 0 Å². The quantitative estimate of drug-likeness (QED) is 0.209. The molecule has 0 N–H and O–H groups in total. The van der Waals surface area contributed by atoms with Crippen molar-refractivity contribution in [3.05, 3.63) is 84.9 Å². The molecule has 1 aliphatic rings. The third-order valence-corrected chi connectivity index (χ3v) is 7.11.